The first kappa shape index (κ1) is 18.2. The molecule has 6 heteroatoms. The van der Waals surface area contributed by atoms with Crippen molar-refractivity contribution in [2.24, 2.45) is 0 Å². The summed E-state index contributed by atoms with van der Waals surface area (Å²) in [5.74, 6) is 2.38. The largest absolute Gasteiger partial charge is 0.497 e. The van der Waals surface area contributed by atoms with Crippen LogP contribution < -0.4 is 14.2 Å². The third-order valence-corrected chi connectivity index (χ3v) is 5.36. The van der Waals surface area contributed by atoms with Gasteiger partial charge in [-0.2, -0.15) is 0 Å². The number of ether oxygens (including phenoxy) is 3. The van der Waals surface area contributed by atoms with Crippen LogP contribution in [0.1, 0.15) is 0 Å². The minimum atomic E-state index is -0.306. The number of rotatable bonds is 4. The van der Waals surface area contributed by atoms with Crippen LogP contribution >= 0.6 is 0 Å². The summed E-state index contributed by atoms with van der Waals surface area (Å²) >= 11 is 0. The van der Waals surface area contributed by atoms with Gasteiger partial charge >= 0.3 is 0 Å². The summed E-state index contributed by atoms with van der Waals surface area (Å²) in [6.45, 7) is 0. The van der Waals surface area contributed by atoms with Gasteiger partial charge in [0.15, 0.2) is 11.5 Å². The molecule has 0 atom stereocenters. The second-order valence-electron chi connectivity index (χ2n) is 7.01. The zero-order chi connectivity index (χ0) is 20.8. The van der Waals surface area contributed by atoms with Crippen LogP contribution in [0.15, 0.2) is 54.6 Å². The number of halogens is 1. The van der Waals surface area contributed by atoms with Crippen molar-refractivity contribution in [2.45, 2.75) is 0 Å². The molecule has 0 spiro atoms. The van der Waals surface area contributed by atoms with Gasteiger partial charge in [-0.1, -0.05) is 6.07 Å². The van der Waals surface area contributed by atoms with Crippen molar-refractivity contribution in [3.63, 3.8) is 0 Å². The number of aromatic amines is 1. The number of H-pyrrole nitrogens is 1. The van der Waals surface area contributed by atoms with Crippen molar-refractivity contribution in [3.8, 4) is 28.6 Å². The summed E-state index contributed by atoms with van der Waals surface area (Å²) in [5, 5.41) is 3.96. The Labute approximate surface area is 172 Å². The molecular formula is C24H19FN2O3. The molecule has 0 aliphatic rings. The number of hydrogen-bond acceptors (Lipinski definition) is 4. The van der Waals surface area contributed by atoms with Crippen LogP contribution in [0.3, 0.4) is 0 Å². The molecule has 0 saturated heterocycles. The fourth-order valence-electron chi connectivity index (χ4n) is 3.88. The van der Waals surface area contributed by atoms with Crippen LogP contribution in [0.2, 0.25) is 0 Å². The Morgan fingerprint density at radius 1 is 0.767 bits per heavy atom. The molecule has 5 rings (SSSR count). The number of benzene rings is 4. The van der Waals surface area contributed by atoms with Gasteiger partial charge < -0.3 is 19.2 Å². The molecule has 0 aliphatic carbocycles. The van der Waals surface area contributed by atoms with Gasteiger partial charge in [0.2, 0.25) is 0 Å². The van der Waals surface area contributed by atoms with Gasteiger partial charge in [0.25, 0.3) is 0 Å². The van der Waals surface area contributed by atoms with E-state index in [0.29, 0.717) is 28.4 Å². The van der Waals surface area contributed by atoms with E-state index >= 15 is 0 Å². The minimum absolute atomic E-state index is 0.306. The predicted molar refractivity (Wildman–Crippen MR) is 116 cm³/mol. The van der Waals surface area contributed by atoms with Crippen LogP contribution in [-0.2, 0) is 0 Å². The van der Waals surface area contributed by atoms with E-state index in [1.807, 2.05) is 30.3 Å². The Kier molecular flexibility index (Phi) is 4.20. The summed E-state index contributed by atoms with van der Waals surface area (Å²) in [4.78, 5) is 7.94. The number of nitrogens with zero attached hydrogens (tertiary/aromatic N) is 1. The van der Waals surface area contributed by atoms with Crippen LogP contribution in [0, 0.1) is 5.82 Å². The average Bonchev–Trinajstić information content (AvgIpc) is 3.20. The van der Waals surface area contributed by atoms with E-state index in [2.05, 4.69) is 11.1 Å². The molecule has 1 N–H and O–H groups in total. The normalized spacial score (nSPS) is 11.3. The van der Waals surface area contributed by atoms with Crippen LogP contribution in [0.25, 0.3) is 44.0 Å². The van der Waals surface area contributed by atoms with Crippen molar-refractivity contribution in [1.29, 1.82) is 0 Å². The van der Waals surface area contributed by atoms with E-state index in [9.17, 15) is 4.39 Å². The molecule has 0 amide bonds. The number of imidazole rings is 1. The lowest BCUT2D eigenvalue weighted by atomic mass is 9.96. The first-order valence-electron chi connectivity index (χ1n) is 9.43. The predicted octanol–water partition coefficient (Wildman–Crippen LogP) is 5.70. The van der Waals surface area contributed by atoms with Crippen LogP contribution in [0.4, 0.5) is 4.39 Å². The maximum absolute atomic E-state index is 13.7. The van der Waals surface area contributed by atoms with Gasteiger partial charge in [-0.3, -0.25) is 0 Å². The van der Waals surface area contributed by atoms with Crippen molar-refractivity contribution < 1.29 is 18.6 Å². The van der Waals surface area contributed by atoms with E-state index in [-0.39, 0.29) is 5.82 Å². The monoisotopic (exact) mass is 402 g/mol. The van der Waals surface area contributed by atoms with Gasteiger partial charge in [-0.15, -0.1) is 0 Å². The lowest BCUT2D eigenvalue weighted by Gasteiger charge is -2.14. The Morgan fingerprint density at radius 2 is 1.53 bits per heavy atom. The minimum Gasteiger partial charge on any atom is -0.497 e. The van der Waals surface area contributed by atoms with Crippen molar-refractivity contribution in [3.05, 3.63) is 60.4 Å². The molecule has 150 valence electrons. The van der Waals surface area contributed by atoms with E-state index in [0.717, 1.165) is 32.9 Å². The molecule has 0 unspecified atom stereocenters. The first-order valence-corrected chi connectivity index (χ1v) is 9.43. The summed E-state index contributed by atoms with van der Waals surface area (Å²) in [6, 6.07) is 16.4. The van der Waals surface area contributed by atoms with E-state index in [4.69, 9.17) is 19.2 Å². The maximum Gasteiger partial charge on any atom is 0.161 e. The summed E-state index contributed by atoms with van der Waals surface area (Å²) in [7, 11) is 4.87. The number of fused-ring (bicyclic) bond motifs is 4. The molecule has 0 aliphatic heterocycles. The number of hydrogen-bond donors (Lipinski definition) is 1. The second-order valence-corrected chi connectivity index (χ2v) is 7.01. The third-order valence-electron chi connectivity index (χ3n) is 5.36. The fraction of sp³-hybridized carbons (Fsp3) is 0.125. The lowest BCUT2D eigenvalue weighted by molar-refractivity contribution is 0.356. The Hall–Kier alpha value is -3.80. The quantitative estimate of drug-likeness (QED) is 0.392. The highest BCUT2D eigenvalue weighted by atomic mass is 19.1. The lowest BCUT2D eigenvalue weighted by Crippen LogP contribution is -1.93. The van der Waals surface area contributed by atoms with Crippen LogP contribution in [0.5, 0.6) is 17.2 Å². The number of aromatic nitrogens is 2. The molecule has 1 heterocycles. The molecule has 0 bridgehead atoms. The second kappa shape index (κ2) is 6.91. The zero-order valence-electron chi connectivity index (χ0n) is 16.7. The molecule has 4 aromatic carbocycles. The standard InChI is InChI=1S/C24H19FN2O3/c1-28-15-6-4-13-8-19(24-26-20-7-5-14(25)9-21(20)27-24)18-12-23(30-3)22(29-2)11-17(18)16(13)10-15/h4-12H,1-3H3,(H,26,27). The Bertz CT molecular complexity index is 1430. The molecule has 0 radical (unpaired) electrons. The average molecular weight is 402 g/mol. The molecular weight excluding hydrogens is 383 g/mol. The SMILES string of the molecule is COc1ccc2cc(-c3nc4ccc(F)cc4[nH]3)c3cc(OC)c(OC)cc3c2c1. The zero-order valence-corrected chi connectivity index (χ0v) is 16.7. The maximum atomic E-state index is 13.7. The Morgan fingerprint density at radius 3 is 2.27 bits per heavy atom. The van der Waals surface area contributed by atoms with Crippen LogP contribution in [-0.4, -0.2) is 31.3 Å². The van der Waals surface area contributed by atoms with E-state index < -0.39 is 0 Å². The molecule has 5 aromatic rings. The summed E-state index contributed by atoms with van der Waals surface area (Å²) in [6.07, 6.45) is 0. The van der Waals surface area contributed by atoms with Gasteiger partial charge in [0.05, 0.1) is 32.4 Å². The van der Waals surface area contributed by atoms with Crippen molar-refractivity contribution >= 4 is 32.6 Å². The number of methoxy groups -OCH3 is 3. The summed E-state index contributed by atoms with van der Waals surface area (Å²) in [5.41, 5.74) is 2.24. The molecule has 0 saturated carbocycles. The smallest absolute Gasteiger partial charge is 0.161 e. The molecule has 30 heavy (non-hydrogen) atoms. The number of nitrogens with one attached hydrogen (secondary N) is 1. The van der Waals surface area contributed by atoms with Gasteiger partial charge in [0, 0.05) is 5.56 Å². The third kappa shape index (κ3) is 2.80. The highest BCUT2D eigenvalue weighted by Gasteiger charge is 2.16. The van der Waals surface area contributed by atoms with Crippen molar-refractivity contribution in [1.82, 2.24) is 9.97 Å². The molecule has 1 aromatic heterocycles. The molecule has 0 fully saturated rings. The first-order chi connectivity index (χ1) is 14.6. The summed E-state index contributed by atoms with van der Waals surface area (Å²) < 4.78 is 30.2. The highest BCUT2D eigenvalue weighted by molar-refractivity contribution is 6.14. The van der Waals surface area contributed by atoms with E-state index in [1.165, 1.54) is 12.1 Å². The van der Waals surface area contributed by atoms with Gasteiger partial charge in [-0.25, -0.2) is 9.37 Å². The Balaban J connectivity index is 1.89. The topological polar surface area (TPSA) is 56.4 Å². The van der Waals surface area contributed by atoms with Gasteiger partial charge in [0.1, 0.15) is 17.4 Å². The molecule has 5 nitrogen and oxygen atoms in total. The van der Waals surface area contributed by atoms with Crippen molar-refractivity contribution in [2.75, 3.05) is 21.3 Å². The fourth-order valence-corrected chi connectivity index (χ4v) is 3.88. The van der Waals surface area contributed by atoms with E-state index in [1.54, 1.807) is 27.4 Å². The van der Waals surface area contributed by atoms with Gasteiger partial charge in [-0.05, 0) is 70.1 Å². The highest BCUT2D eigenvalue weighted by Crippen LogP contribution is 2.41.